The average molecular weight is 447 g/mol. The number of benzene rings is 3. The molecule has 1 heterocycles. The van der Waals surface area contributed by atoms with Crippen molar-refractivity contribution in [2.75, 3.05) is 22.7 Å². The largest absolute Gasteiger partial charge is 0.372 e. The van der Waals surface area contributed by atoms with Crippen LogP contribution in [0.3, 0.4) is 0 Å². The summed E-state index contributed by atoms with van der Waals surface area (Å²) in [7, 11) is -3.93. The van der Waals surface area contributed by atoms with Gasteiger partial charge in [0.05, 0.1) is 4.90 Å². The first-order valence-corrected chi connectivity index (χ1v) is 12.1. The molecule has 0 atom stereocenters. The number of fused-ring (bicyclic) bond motifs is 2. The van der Waals surface area contributed by atoms with E-state index in [2.05, 4.69) is 9.62 Å². The molecule has 1 aliphatic carbocycles. The highest BCUT2D eigenvalue weighted by Gasteiger charge is 2.30. The van der Waals surface area contributed by atoms with Crippen LogP contribution in [0.15, 0.2) is 71.6 Å². The standard InChI is InChI=1S/C25H22N2O4S/c28-24-20-6-2-3-7-21(20)25(29)23-16-19(12-13-22(23)24)32(30,31)26-17-8-10-18(11-9-17)27-14-4-1-5-15-27/h2-3,6-13,16,26H,1,4-5,14-15H2. The summed E-state index contributed by atoms with van der Waals surface area (Å²) in [4.78, 5) is 27.9. The molecule has 1 saturated heterocycles. The summed E-state index contributed by atoms with van der Waals surface area (Å²) in [5.41, 5.74) is 2.48. The summed E-state index contributed by atoms with van der Waals surface area (Å²) in [6.45, 7) is 2.02. The highest BCUT2D eigenvalue weighted by atomic mass is 32.2. The van der Waals surface area contributed by atoms with Gasteiger partial charge in [0.15, 0.2) is 11.6 Å². The third-order valence-corrected chi connectivity index (χ3v) is 7.43. The number of carbonyl (C=O) groups excluding carboxylic acids is 2. The Labute approximate surface area is 186 Å². The van der Waals surface area contributed by atoms with Gasteiger partial charge in [-0.05, 0) is 61.7 Å². The second-order valence-electron chi connectivity index (χ2n) is 8.11. The van der Waals surface area contributed by atoms with E-state index in [9.17, 15) is 18.0 Å². The van der Waals surface area contributed by atoms with E-state index >= 15 is 0 Å². The van der Waals surface area contributed by atoms with Crippen LogP contribution in [-0.4, -0.2) is 33.1 Å². The summed E-state index contributed by atoms with van der Waals surface area (Å²) < 4.78 is 28.6. The number of rotatable bonds is 4. The van der Waals surface area contributed by atoms with Crippen LogP contribution in [0.5, 0.6) is 0 Å². The first-order chi connectivity index (χ1) is 15.4. The zero-order valence-corrected chi connectivity index (χ0v) is 18.2. The average Bonchev–Trinajstić information content (AvgIpc) is 2.83. The second-order valence-corrected chi connectivity index (χ2v) is 9.79. The van der Waals surface area contributed by atoms with Crippen molar-refractivity contribution in [1.82, 2.24) is 0 Å². The minimum absolute atomic E-state index is 0.0584. The molecular weight excluding hydrogens is 424 g/mol. The molecule has 32 heavy (non-hydrogen) atoms. The Hall–Kier alpha value is -3.45. The Morgan fingerprint density at radius 3 is 1.94 bits per heavy atom. The van der Waals surface area contributed by atoms with Gasteiger partial charge in [0.25, 0.3) is 10.0 Å². The number of anilines is 2. The summed E-state index contributed by atoms with van der Waals surface area (Å²) in [5, 5.41) is 0. The number of piperidine rings is 1. The van der Waals surface area contributed by atoms with Gasteiger partial charge in [-0.3, -0.25) is 14.3 Å². The maximum absolute atomic E-state index is 13.0. The number of carbonyl (C=O) groups is 2. The van der Waals surface area contributed by atoms with Crippen molar-refractivity contribution < 1.29 is 18.0 Å². The summed E-state index contributed by atoms with van der Waals surface area (Å²) in [6.07, 6.45) is 3.58. The molecule has 0 aromatic heterocycles. The van der Waals surface area contributed by atoms with Crippen LogP contribution in [0, 0.1) is 0 Å². The van der Waals surface area contributed by atoms with E-state index in [1.54, 1.807) is 36.4 Å². The predicted molar refractivity (Wildman–Crippen MR) is 123 cm³/mol. The fraction of sp³-hybridized carbons (Fsp3) is 0.200. The molecule has 0 saturated carbocycles. The molecule has 3 aromatic rings. The number of nitrogens with zero attached hydrogens (tertiary/aromatic N) is 1. The number of ketones is 2. The molecule has 0 spiro atoms. The molecule has 0 amide bonds. The fourth-order valence-corrected chi connectivity index (χ4v) is 5.44. The van der Waals surface area contributed by atoms with E-state index in [1.807, 2.05) is 12.1 Å². The molecule has 5 rings (SSSR count). The van der Waals surface area contributed by atoms with Crippen molar-refractivity contribution in [2.45, 2.75) is 24.2 Å². The van der Waals surface area contributed by atoms with Crippen molar-refractivity contribution in [3.63, 3.8) is 0 Å². The van der Waals surface area contributed by atoms with Crippen molar-refractivity contribution in [3.8, 4) is 0 Å². The maximum Gasteiger partial charge on any atom is 0.261 e. The van der Waals surface area contributed by atoms with Crippen molar-refractivity contribution in [3.05, 3.63) is 89.0 Å². The Kier molecular flexibility index (Phi) is 5.06. The molecule has 2 aliphatic rings. The minimum Gasteiger partial charge on any atom is -0.372 e. The lowest BCUT2D eigenvalue weighted by Gasteiger charge is -2.28. The summed E-state index contributed by atoms with van der Waals surface area (Å²) in [5.74, 6) is -0.626. The summed E-state index contributed by atoms with van der Waals surface area (Å²) >= 11 is 0. The molecule has 1 fully saturated rings. The van der Waals surface area contributed by atoms with E-state index in [1.165, 1.54) is 37.5 Å². The third kappa shape index (κ3) is 3.58. The molecule has 0 unspecified atom stereocenters. The quantitative estimate of drug-likeness (QED) is 0.507. The van der Waals surface area contributed by atoms with Gasteiger partial charge in [0, 0.05) is 46.7 Å². The van der Waals surface area contributed by atoms with Crippen molar-refractivity contribution in [2.24, 2.45) is 0 Å². The van der Waals surface area contributed by atoms with Crippen LogP contribution < -0.4 is 9.62 Å². The van der Waals surface area contributed by atoms with Crippen LogP contribution >= 0.6 is 0 Å². The van der Waals surface area contributed by atoms with Gasteiger partial charge in [0.2, 0.25) is 0 Å². The monoisotopic (exact) mass is 446 g/mol. The Morgan fingerprint density at radius 1 is 0.688 bits per heavy atom. The van der Waals surface area contributed by atoms with Crippen LogP contribution in [0.4, 0.5) is 11.4 Å². The lowest BCUT2D eigenvalue weighted by atomic mass is 9.84. The highest BCUT2D eigenvalue weighted by Crippen LogP contribution is 2.30. The number of hydrogen-bond donors (Lipinski definition) is 1. The molecule has 3 aromatic carbocycles. The number of sulfonamides is 1. The highest BCUT2D eigenvalue weighted by molar-refractivity contribution is 7.92. The number of hydrogen-bond acceptors (Lipinski definition) is 5. The van der Waals surface area contributed by atoms with Gasteiger partial charge in [0.1, 0.15) is 0 Å². The van der Waals surface area contributed by atoms with E-state index in [4.69, 9.17) is 0 Å². The second kappa shape index (κ2) is 7.91. The van der Waals surface area contributed by atoms with Crippen LogP contribution in [0.1, 0.15) is 51.1 Å². The zero-order chi connectivity index (χ0) is 22.3. The molecule has 1 aliphatic heterocycles. The smallest absolute Gasteiger partial charge is 0.261 e. The topological polar surface area (TPSA) is 83.5 Å². The van der Waals surface area contributed by atoms with Gasteiger partial charge in [-0.2, -0.15) is 0 Å². The van der Waals surface area contributed by atoms with Gasteiger partial charge in [-0.1, -0.05) is 24.3 Å². The maximum atomic E-state index is 13.0. The van der Waals surface area contributed by atoms with E-state index in [-0.39, 0.29) is 27.6 Å². The summed E-state index contributed by atoms with van der Waals surface area (Å²) in [6, 6.07) is 18.0. The van der Waals surface area contributed by atoms with Gasteiger partial charge in [-0.15, -0.1) is 0 Å². The van der Waals surface area contributed by atoms with Crippen LogP contribution in [0.25, 0.3) is 0 Å². The Morgan fingerprint density at radius 2 is 1.28 bits per heavy atom. The number of nitrogens with one attached hydrogen (secondary N) is 1. The van der Waals surface area contributed by atoms with E-state index in [0.717, 1.165) is 18.8 Å². The molecule has 6 nitrogen and oxygen atoms in total. The van der Waals surface area contributed by atoms with Gasteiger partial charge >= 0.3 is 0 Å². The molecule has 1 N–H and O–H groups in total. The lowest BCUT2D eigenvalue weighted by Crippen LogP contribution is -2.29. The molecule has 162 valence electrons. The Bertz CT molecular complexity index is 1320. The van der Waals surface area contributed by atoms with Crippen molar-refractivity contribution >= 4 is 33.0 Å². The first kappa shape index (κ1) is 20.5. The third-order valence-electron chi connectivity index (χ3n) is 6.05. The SMILES string of the molecule is O=C1c2ccccc2C(=O)c2cc(S(=O)(=O)Nc3ccc(N4CCCCC4)cc3)ccc21. The van der Waals surface area contributed by atoms with Crippen LogP contribution in [-0.2, 0) is 10.0 Å². The lowest BCUT2D eigenvalue weighted by molar-refractivity contribution is 0.0979. The van der Waals surface area contributed by atoms with Gasteiger partial charge < -0.3 is 4.90 Å². The molecule has 0 bridgehead atoms. The molecule has 7 heteroatoms. The molecule has 0 radical (unpaired) electrons. The van der Waals surface area contributed by atoms with E-state index in [0.29, 0.717) is 16.8 Å². The van der Waals surface area contributed by atoms with Crippen LogP contribution in [0.2, 0.25) is 0 Å². The fourth-order valence-electron chi connectivity index (χ4n) is 4.35. The van der Waals surface area contributed by atoms with Gasteiger partial charge in [-0.25, -0.2) is 8.42 Å². The normalized spacial score (nSPS) is 15.8. The Balaban J connectivity index is 1.41. The predicted octanol–water partition coefficient (Wildman–Crippen LogP) is 4.25. The molecular formula is C25H22N2O4S. The van der Waals surface area contributed by atoms with Crippen molar-refractivity contribution in [1.29, 1.82) is 0 Å². The minimum atomic E-state index is -3.93. The zero-order valence-electron chi connectivity index (χ0n) is 17.4. The first-order valence-electron chi connectivity index (χ1n) is 10.6. The van der Waals surface area contributed by atoms with E-state index < -0.39 is 10.0 Å².